The first kappa shape index (κ1) is 23.0. The molecule has 178 valence electrons. The minimum atomic E-state index is -0.758. The number of rotatable bonds is 4. The van der Waals surface area contributed by atoms with Crippen molar-refractivity contribution < 1.29 is 4.79 Å². The van der Waals surface area contributed by atoms with Crippen LogP contribution in [0.4, 0.5) is 5.69 Å². The molecule has 1 saturated heterocycles. The van der Waals surface area contributed by atoms with E-state index in [0.717, 1.165) is 47.6 Å². The predicted molar refractivity (Wildman–Crippen MR) is 137 cm³/mol. The molecule has 2 aliphatic heterocycles. The maximum atomic E-state index is 13.6. The number of benzene rings is 1. The first-order valence-electron chi connectivity index (χ1n) is 11.6. The maximum absolute atomic E-state index is 13.6. The number of carbonyl (C=O) groups excluding carboxylic acids is 1. The lowest BCUT2D eigenvalue weighted by molar-refractivity contribution is -0.136. The SMILES string of the molecule is CN1C(=O)[C@@H](C2CCN(c3cncnc3)CC2)[C@@](C)(c2cc(-c3cccc(C#N)c3)cs2)N=C1N. The van der Waals surface area contributed by atoms with Gasteiger partial charge < -0.3 is 10.6 Å². The number of amides is 1. The molecule has 1 fully saturated rings. The fourth-order valence-corrected chi connectivity index (χ4v) is 6.34. The molecule has 0 unspecified atom stereocenters. The normalized spacial score (nSPS) is 23.2. The van der Waals surface area contributed by atoms with Crippen molar-refractivity contribution >= 4 is 28.9 Å². The number of nitriles is 1. The molecular formula is C26H27N7OS. The van der Waals surface area contributed by atoms with Gasteiger partial charge in [-0.3, -0.25) is 9.69 Å². The summed E-state index contributed by atoms with van der Waals surface area (Å²) in [5, 5.41) is 11.4. The second-order valence-corrected chi connectivity index (χ2v) is 10.2. The van der Waals surface area contributed by atoms with Gasteiger partial charge in [0.15, 0.2) is 5.96 Å². The Balaban J connectivity index is 1.46. The Labute approximate surface area is 208 Å². The van der Waals surface area contributed by atoms with Crippen molar-refractivity contribution in [2.24, 2.45) is 22.6 Å². The second kappa shape index (κ2) is 9.12. The van der Waals surface area contributed by atoms with Gasteiger partial charge in [-0.2, -0.15) is 5.26 Å². The maximum Gasteiger partial charge on any atom is 0.235 e. The minimum absolute atomic E-state index is 0.0166. The van der Waals surface area contributed by atoms with Crippen LogP contribution in [0.25, 0.3) is 11.1 Å². The number of aromatic nitrogens is 2. The number of thiophene rings is 1. The summed E-state index contributed by atoms with van der Waals surface area (Å²) < 4.78 is 0. The molecule has 1 aromatic carbocycles. The highest BCUT2D eigenvalue weighted by molar-refractivity contribution is 7.10. The largest absolute Gasteiger partial charge is 0.369 e. The van der Waals surface area contributed by atoms with E-state index in [1.165, 1.54) is 11.2 Å². The third-order valence-electron chi connectivity index (χ3n) is 7.24. The predicted octanol–water partition coefficient (Wildman–Crippen LogP) is 3.61. The van der Waals surface area contributed by atoms with Gasteiger partial charge in [-0.25, -0.2) is 15.0 Å². The zero-order valence-corrected chi connectivity index (χ0v) is 20.6. The van der Waals surface area contributed by atoms with Gasteiger partial charge in [-0.15, -0.1) is 11.3 Å². The molecule has 0 aliphatic carbocycles. The molecule has 0 spiro atoms. The molecule has 35 heavy (non-hydrogen) atoms. The summed E-state index contributed by atoms with van der Waals surface area (Å²) in [6.07, 6.45) is 6.93. The number of guanidine groups is 1. The van der Waals surface area contributed by atoms with Gasteiger partial charge in [-0.05, 0) is 60.4 Å². The van der Waals surface area contributed by atoms with Gasteiger partial charge >= 0.3 is 0 Å². The third kappa shape index (κ3) is 4.15. The Morgan fingerprint density at radius 2 is 1.91 bits per heavy atom. The highest BCUT2D eigenvalue weighted by Gasteiger charge is 2.51. The number of hydrogen-bond donors (Lipinski definition) is 1. The Morgan fingerprint density at radius 3 is 2.63 bits per heavy atom. The third-order valence-corrected chi connectivity index (χ3v) is 8.40. The summed E-state index contributed by atoms with van der Waals surface area (Å²) in [4.78, 5) is 31.6. The zero-order chi connectivity index (χ0) is 24.6. The van der Waals surface area contributed by atoms with Crippen LogP contribution in [0.2, 0.25) is 0 Å². The van der Waals surface area contributed by atoms with E-state index >= 15 is 0 Å². The van der Waals surface area contributed by atoms with E-state index in [1.54, 1.807) is 24.5 Å². The van der Waals surface area contributed by atoms with Crippen LogP contribution in [-0.2, 0) is 10.3 Å². The summed E-state index contributed by atoms with van der Waals surface area (Å²) in [5.41, 5.74) is 9.08. The lowest BCUT2D eigenvalue weighted by Gasteiger charge is -2.46. The highest BCUT2D eigenvalue weighted by Crippen LogP contribution is 2.47. The Kier molecular flexibility index (Phi) is 5.99. The number of anilines is 1. The Bertz CT molecular complexity index is 1310. The van der Waals surface area contributed by atoms with E-state index in [4.69, 9.17) is 10.7 Å². The zero-order valence-electron chi connectivity index (χ0n) is 19.8. The van der Waals surface area contributed by atoms with Gasteiger partial charge in [0.25, 0.3) is 0 Å². The summed E-state index contributed by atoms with van der Waals surface area (Å²) >= 11 is 1.59. The van der Waals surface area contributed by atoms with Gasteiger partial charge in [0.05, 0.1) is 35.6 Å². The molecule has 1 amide bonds. The van der Waals surface area contributed by atoms with E-state index in [-0.39, 0.29) is 23.7 Å². The van der Waals surface area contributed by atoms with Crippen LogP contribution in [-0.4, -0.2) is 46.9 Å². The first-order valence-corrected chi connectivity index (χ1v) is 12.5. The lowest BCUT2D eigenvalue weighted by atomic mass is 9.70. The van der Waals surface area contributed by atoms with Crippen LogP contribution in [0.5, 0.6) is 0 Å². The van der Waals surface area contributed by atoms with Gasteiger partial charge in [0, 0.05) is 25.0 Å². The topological polar surface area (TPSA) is 112 Å². The second-order valence-electron chi connectivity index (χ2n) is 9.31. The Morgan fingerprint density at radius 1 is 1.17 bits per heavy atom. The lowest BCUT2D eigenvalue weighted by Crippen LogP contribution is -2.56. The van der Waals surface area contributed by atoms with Crippen molar-refractivity contribution in [3.8, 4) is 17.2 Å². The van der Waals surface area contributed by atoms with Crippen LogP contribution >= 0.6 is 11.3 Å². The van der Waals surface area contributed by atoms with Crippen molar-refractivity contribution in [3.63, 3.8) is 0 Å². The van der Waals surface area contributed by atoms with Crippen molar-refractivity contribution in [2.45, 2.75) is 25.3 Å². The van der Waals surface area contributed by atoms with Crippen LogP contribution in [0.15, 0.2) is 59.4 Å². The standard InChI is InChI=1S/C26H27N7OS/c1-26(22-11-20(15-35-22)19-5-3-4-17(10-19)12-27)23(24(34)32(2)25(28)31-26)18-6-8-33(9-7-18)21-13-29-16-30-14-21/h3-5,10-11,13-16,18,23H,6-9H2,1-2H3,(H2,28,31)/t23-,26-/m1/s1. The van der Waals surface area contributed by atoms with Crippen molar-refractivity contribution in [1.29, 1.82) is 5.26 Å². The fraction of sp³-hybridized carbons (Fsp3) is 0.346. The van der Waals surface area contributed by atoms with Crippen LogP contribution in [0.3, 0.4) is 0 Å². The number of nitrogens with two attached hydrogens (primary N) is 1. The number of carbonyl (C=O) groups is 1. The summed E-state index contributed by atoms with van der Waals surface area (Å²) in [6, 6.07) is 11.9. The molecule has 0 bridgehead atoms. The average Bonchev–Trinajstić information content (AvgIpc) is 3.40. The van der Waals surface area contributed by atoms with Crippen LogP contribution < -0.4 is 10.6 Å². The van der Waals surface area contributed by atoms with E-state index < -0.39 is 5.54 Å². The highest BCUT2D eigenvalue weighted by atomic mass is 32.1. The van der Waals surface area contributed by atoms with Crippen molar-refractivity contribution in [3.05, 3.63) is 64.9 Å². The number of aliphatic imine (C=N–C) groups is 1. The smallest absolute Gasteiger partial charge is 0.235 e. The van der Waals surface area contributed by atoms with E-state index in [1.807, 2.05) is 37.5 Å². The molecule has 9 heteroatoms. The molecule has 2 aromatic heterocycles. The summed E-state index contributed by atoms with van der Waals surface area (Å²) in [6.45, 7) is 3.70. The monoisotopic (exact) mass is 485 g/mol. The molecule has 0 saturated carbocycles. The number of piperidine rings is 1. The van der Waals surface area contributed by atoms with Gasteiger partial charge in [0.1, 0.15) is 11.9 Å². The van der Waals surface area contributed by atoms with Crippen LogP contribution in [0.1, 0.15) is 30.2 Å². The fourth-order valence-electron chi connectivity index (χ4n) is 5.28. The van der Waals surface area contributed by atoms with Crippen molar-refractivity contribution in [2.75, 3.05) is 25.0 Å². The van der Waals surface area contributed by atoms with Crippen molar-refractivity contribution in [1.82, 2.24) is 14.9 Å². The van der Waals surface area contributed by atoms with E-state index in [9.17, 15) is 10.1 Å². The summed E-state index contributed by atoms with van der Waals surface area (Å²) in [7, 11) is 1.71. The molecule has 0 radical (unpaired) electrons. The van der Waals surface area contributed by atoms with Crippen LogP contribution in [0, 0.1) is 23.2 Å². The van der Waals surface area contributed by atoms with Gasteiger partial charge in [-0.1, -0.05) is 12.1 Å². The van der Waals surface area contributed by atoms with E-state index in [0.29, 0.717) is 5.56 Å². The molecule has 8 nitrogen and oxygen atoms in total. The molecular weight excluding hydrogens is 458 g/mol. The first-order chi connectivity index (χ1) is 16.9. The molecule has 2 N–H and O–H groups in total. The molecule has 3 aromatic rings. The average molecular weight is 486 g/mol. The minimum Gasteiger partial charge on any atom is -0.369 e. The quantitative estimate of drug-likeness (QED) is 0.604. The molecule has 4 heterocycles. The molecule has 2 atom stereocenters. The number of hydrogen-bond acceptors (Lipinski definition) is 8. The molecule has 2 aliphatic rings. The molecule has 5 rings (SSSR count). The number of nitrogens with zero attached hydrogens (tertiary/aromatic N) is 6. The Hall–Kier alpha value is -3.77. The van der Waals surface area contributed by atoms with E-state index in [2.05, 4.69) is 32.4 Å². The summed E-state index contributed by atoms with van der Waals surface area (Å²) in [5.74, 6) is 0.114. The van der Waals surface area contributed by atoms with Gasteiger partial charge in [0.2, 0.25) is 5.91 Å².